The Morgan fingerprint density at radius 2 is 1.73 bits per heavy atom. The van der Waals surface area contributed by atoms with Crippen molar-refractivity contribution >= 4 is 29.0 Å². The minimum absolute atomic E-state index is 0. The van der Waals surface area contributed by atoms with Crippen LogP contribution in [0.1, 0.15) is 26.3 Å². The van der Waals surface area contributed by atoms with Gasteiger partial charge in [-0.2, -0.15) is 0 Å². The van der Waals surface area contributed by atoms with Crippen molar-refractivity contribution in [2.45, 2.75) is 26.2 Å². The van der Waals surface area contributed by atoms with Crippen LogP contribution in [0.25, 0.3) is 0 Å². The van der Waals surface area contributed by atoms with Crippen LogP contribution >= 0.6 is 0 Å². The lowest BCUT2D eigenvalue weighted by molar-refractivity contribution is -0.145. The van der Waals surface area contributed by atoms with Crippen LogP contribution in [0, 0.1) is 5.92 Å². The van der Waals surface area contributed by atoms with Crippen molar-refractivity contribution in [2.24, 2.45) is 5.92 Å². The molecule has 0 aliphatic rings. The molecule has 1 unspecified atom stereocenters. The molecular weight excluding hydrogens is 200 g/mol. The van der Waals surface area contributed by atoms with E-state index in [-0.39, 0.29) is 29.0 Å². The van der Waals surface area contributed by atoms with Crippen LogP contribution in [0.5, 0.6) is 0 Å². The third kappa shape index (κ3) is 2.73. The molecule has 2 nitrogen and oxygen atoms in total. The highest BCUT2D eigenvalue weighted by Crippen LogP contribution is 2.31. The first-order valence-electron chi connectivity index (χ1n) is 4.78. The molecule has 1 aromatic rings. The number of carboxylic acids is 1. The standard InChI is InChI=1S/C12H16O2.Mg.2H/c1-9(2)12(3,11(13)14)10-7-5-4-6-8-10;;;/h4-9H,1-3H3,(H,13,14);;;. The smallest absolute Gasteiger partial charge is 0.316 e. The monoisotopic (exact) mass is 218 g/mol. The van der Waals surface area contributed by atoms with E-state index in [1.165, 1.54) is 0 Å². The number of hydrogen-bond donors (Lipinski definition) is 1. The Hall–Kier alpha value is -0.544. The van der Waals surface area contributed by atoms with Crippen LogP contribution in [-0.2, 0) is 10.2 Å². The van der Waals surface area contributed by atoms with Crippen molar-refractivity contribution < 1.29 is 9.90 Å². The minimum atomic E-state index is -0.790. The molecule has 0 aromatic heterocycles. The highest BCUT2D eigenvalue weighted by molar-refractivity contribution is 5.81. The van der Waals surface area contributed by atoms with Gasteiger partial charge >= 0.3 is 29.0 Å². The first-order valence-corrected chi connectivity index (χ1v) is 4.78. The van der Waals surface area contributed by atoms with E-state index in [9.17, 15) is 9.90 Å². The normalized spacial score (nSPS) is 14.1. The van der Waals surface area contributed by atoms with Crippen molar-refractivity contribution in [3.63, 3.8) is 0 Å². The third-order valence-electron chi connectivity index (χ3n) is 2.97. The molecule has 0 heterocycles. The summed E-state index contributed by atoms with van der Waals surface area (Å²) in [4.78, 5) is 11.3. The number of carboxylic acid groups (broad SMARTS) is 1. The van der Waals surface area contributed by atoms with E-state index in [0.29, 0.717) is 0 Å². The summed E-state index contributed by atoms with van der Waals surface area (Å²) >= 11 is 0. The van der Waals surface area contributed by atoms with Gasteiger partial charge in [-0.1, -0.05) is 44.2 Å². The Balaban J connectivity index is 0.00000196. The van der Waals surface area contributed by atoms with Crippen LogP contribution in [0.2, 0.25) is 0 Å². The van der Waals surface area contributed by atoms with Gasteiger partial charge in [-0.25, -0.2) is 0 Å². The van der Waals surface area contributed by atoms with Gasteiger partial charge in [-0.15, -0.1) is 0 Å². The van der Waals surface area contributed by atoms with Gasteiger partial charge in [-0.05, 0) is 18.4 Å². The molecule has 1 aromatic carbocycles. The van der Waals surface area contributed by atoms with Crippen molar-refractivity contribution in [1.29, 1.82) is 0 Å². The van der Waals surface area contributed by atoms with Gasteiger partial charge in [0, 0.05) is 0 Å². The number of aliphatic carboxylic acids is 1. The van der Waals surface area contributed by atoms with Gasteiger partial charge in [0.05, 0.1) is 5.41 Å². The zero-order valence-corrected chi connectivity index (χ0v) is 8.82. The second-order valence-corrected chi connectivity index (χ2v) is 4.03. The topological polar surface area (TPSA) is 37.3 Å². The van der Waals surface area contributed by atoms with E-state index in [0.717, 1.165) is 5.56 Å². The van der Waals surface area contributed by atoms with Crippen LogP contribution in [0.15, 0.2) is 30.3 Å². The lowest BCUT2D eigenvalue weighted by Crippen LogP contribution is -2.37. The van der Waals surface area contributed by atoms with Crippen LogP contribution in [0.4, 0.5) is 0 Å². The number of carbonyl (C=O) groups is 1. The summed E-state index contributed by atoms with van der Waals surface area (Å²) in [5.41, 5.74) is 0.0730. The minimum Gasteiger partial charge on any atom is -0.481 e. The summed E-state index contributed by atoms with van der Waals surface area (Å²) in [5, 5.41) is 9.26. The van der Waals surface area contributed by atoms with Crippen molar-refractivity contribution in [3.05, 3.63) is 35.9 Å². The van der Waals surface area contributed by atoms with Crippen LogP contribution in [0.3, 0.4) is 0 Å². The molecule has 0 amide bonds. The molecule has 1 atom stereocenters. The van der Waals surface area contributed by atoms with Crippen LogP contribution in [-0.4, -0.2) is 34.1 Å². The van der Waals surface area contributed by atoms with Crippen molar-refractivity contribution in [3.8, 4) is 0 Å². The van der Waals surface area contributed by atoms with E-state index in [1.807, 2.05) is 44.2 Å². The van der Waals surface area contributed by atoms with Gasteiger partial charge in [0.25, 0.3) is 0 Å². The molecule has 3 heteroatoms. The molecule has 0 aliphatic carbocycles. The Bertz CT molecular complexity index is 322. The lowest BCUT2D eigenvalue weighted by Gasteiger charge is -2.29. The average molecular weight is 219 g/mol. The van der Waals surface area contributed by atoms with Crippen molar-refractivity contribution in [2.75, 3.05) is 0 Å². The fourth-order valence-electron chi connectivity index (χ4n) is 1.49. The van der Waals surface area contributed by atoms with Crippen LogP contribution < -0.4 is 0 Å². The number of hydrogen-bond acceptors (Lipinski definition) is 1. The molecule has 0 fully saturated rings. The molecule has 1 rings (SSSR count). The molecule has 0 spiro atoms. The Morgan fingerprint density at radius 3 is 2.07 bits per heavy atom. The first-order chi connectivity index (χ1) is 6.49. The van der Waals surface area contributed by atoms with Gasteiger partial charge in [-0.3, -0.25) is 4.79 Å². The van der Waals surface area contributed by atoms with Gasteiger partial charge in [0.15, 0.2) is 0 Å². The summed E-state index contributed by atoms with van der Waals surface area (Å²) in [6.07, 6.45) is 0. The predicted molar refractivity (Wildman–Crippen MR) is 64.8 cm³/mol. The number of rotatable bonds is 3. The largest absolute Gasteiger partial charge is 0.481 e. The highest BCUT2D eigenvalue weighted by Gasteiger charge is 2.38. The third-order valence-corrected chi connectivity index (χ3v) is 2.97. The van der Waals surface area contributed by atoms with Gasteiger partial charge in [0.1, 0.15) is 0 Å². The molecule has 0 saturated carbocycles. The summed E-state index contributed by atoms with van der Waals surface area (Å²) in [7, 11) is 0. The number of benzene rings is 1. The SMILES string of the molecule is CC(C)C(C)(C(=O)O)c1ccccc1.[MgH2]. The maximum atomic E-state index is 11.3. The van der Waals surface area contributed by atoms with Crippen molar-refractivity contribution in [1.82, 2.24) is 0 Å². The Kier molecular flexibility index (Phi) is 5.32. The second kappa shape index (κ2) is 5.52. The molecular formula is C12H18MgO2. The summed E-state index contributed by atoms with van der Waals surface area (Å²) in [6, 6.07) is 9.38. The Morgan fingerprint density at radius 1 is 1.27 bits per heavy atom. The van der Waals surface area contributed by atoms with E-state index < -0.39 is 11.4 Å². The first kappa shape index (κ1) is 14.5. The van der Waals surface area contributed by atoms with E-state index in [4.69, 9.17) is 0 Å². The molecule has 0 bridgehead atoms. The highest BCUT2D eigenvalue weighted by atomic mass is 24.3. The zero-order valence-electron chi connectivity index (χ0n) is 8.82. The maximum absolute atomic E-state index is 11.3. The quantitative estimate of drug-likeness (QED) is 0.785. The fraction of sp³-hybridized carbons (Fsp3) is 0.417. The predicted octanol–water partition coefficient (Wildman–Crippen LogP) is 1.77. The summed E-state index contributed by atoms with van der Waals surface area (Å²) in [5.74, 6) is -0.693. The second-order valence-electron chi connectivity index (χ2n) is 4.03. The van der Waals surface area contributed by atoms with E-state index in [1.54, 1.807) is 6.92 Å². The molecule has 0 radical (unpaired) electrons. The summed E-state index contributed by atoms with van der Waals surface area (Å²) < 4.78 is 0. The molecule has 0 saturated heterocycles. The average Bonchev–Trinajstić information content (AvgIpc) is 2.17. The molecule has 80 valence electrons. The van der Waals surface area contributed by atoms with Gasteiger partial charge < -0.3 is 5.11 Å². The fourth-order valence-corrected chi connectivity index (χ4v) is 1.49. The van der Waals surface area contributed by atoms with Gasteiger partial charge in [0.2, 0.25) is 0 Å². The molecule has 1 N–H and O–H groups in total. The molecule has 15 heavy (non-hydrogen) atoms. The maximum Gasteiger partial charge on any atom is 0.316 e. The van der Waals surface area contributed by atoms with E-state index >= 15 is 0 Å². The Labute approximate surface area is 107 Å². The zero-order chi connectivity index (χ0) is 10.8. The summed E-state index contributed by atoms with van der Waals surface area (Å²) in [6.45, 7) is 5.64. The lowest BCUT2D eigenvalue weighted by atomic mass is 9.73. The van der Waals surface area contributed by atoms with E-state index in [2.05, 4.69) is 0 Å². The molecule has 0 aliphatic heterocycles.